The lowest BCUT2D eigenvalue weighted by molar-refractivity contribution is -0.122. The van der Waals surface area contributed by atoms with Crippen molar-refractivity contribution in [1.82, 2.24) is 10.3 Å². The number of carbonyl (C=O) groups excluding carboxylic acids is 1. The lowest BCUT2D eigenvalue weighted by Gasteiger charge is -2.37. The molecule has 2 fully saturated rings. The molecule has 2 N–H and O–H groups in total. The number of aliphatic hydroxyl groups is 1. The van der Waals surface area contributed by atoms with Gasteiger partial charge in [-0.3, -0.25) is 4.79 Å². The molecular weight excluding hydrogens is 268 g/mol. The average Bonchev–Trinajstić information content (AvgIpc) is 2.72. The number of carbonyl (C=O) groups is 1. The summed E-state index contributed by atoms with van der Waals surface area (Å²) in [6, 6.07) is 3.06. The van der Waals surface area contributed by atoms with Crippen molar-refractivity contribution in [2.24, 2.45) is 5.92 Å². The van der Waals surface area contributed by atoms with Gasteiger partial charge in [-0.15, -0.1) is 0 Å². The molecule has 3 atom stereocenters. The highest BCUT2D eigenvalue weighted by Gasteiger charge is 2.51. The SMILES string of the molecule is COc1nc(Cl)ccc1C1(O)CCC2CC1NC2=O. The minimum Gasteiger partial charge on any atom is -0.481 e. The molecule has 19 heavy (non-hydrogen) atoms. The van der Waals surface area contributed by atoms with Crippen molar-refractivity contribution in [1.29, 1.82) is 0 Å². The van der Waals surface area contributed by atoms with E-state index in [1.54, 1.807) is 12.1 Å². The molecule has 6 heteroatoms. The number of rotatable bonds is 2. The van der Waals surface area contributed by atoms with E-state index in [0.717, 1.165) is 0 Å². The summed E-state index contributed by atoms with van der Waals surface area (Å²) in [5.41, 5.74) is -0.545. The van der Waals surface area contributed by atoms with Crippen LogP contribution in [-0.2, 0) is 10.4 Å². The van der Waals surface area contributed by atoms with Gasteiger partial charge in [0.15, 0.2) is 0 Å². The lowest BCUT2D eigenvalue weighted by atomic mass is 9.74. The third-order valence-corrected chi connectivity index (χ3v) is 4.35. The molecule has 1 aliphatic carbocycles. The minimum atomic E-state index is -1.13. The van der Waals surface area contributed by atoms with Crippen LogP contribution in [0.5, 0.6) is 5.88 Å². The Hall–Kier alpha value is -1.33. The molecule has 0 spiro atoms. The third kappa shape index (κ3) is 1.88. The molecule has 1 aromatic rings. The van der Waals surface area contributed by atoms with Gasteiger partial charge in [0.05, 0.1) is 13.2 Å². The van der Waals surface area contributed by atoms with E-state index in [1.807, 2.05) is 0 Å². The van der Waals surface area contributed by atoms with E-state index in [4.69, 9.17) is 16.3 Å². The molecule has 5 nitrogen and oxygen atoms in total. The normalized spacial score (nSPS) is 33.1. The van der Waals surface area contributed by atoms with Crippen molar-refractivity contribution in [3.8, 4) is 5.88 Å². The number of hydrogen-bond donors (Lipinski definition) is 2. The highest BCUT2D eigenvalue weighted by molar-refractivity contribution is 6.29. The first-order valence-corrected chi connectivity index (χ1v) is 6.66. The largest absolute Gasteiger partial charge is 0.481 e. The van der Waals surface area contributed by atoms with Gasteiger partial charge >= 0.3 is 0 Å². The summed E-state index contributed by atoms with van der Waals surface area (Å²) in [5.74, 6) is 0.368. The summed E-state index contributed by atoms with van der Waals surface area (Å²) in [6.45, 7) is 0. The molecule has 1 aromatic heterocycles. The van der Waals surface area contributed by atoms with Gasteiger partial charge in [0, 0.05) is 11.5 Å². The molecule has 3 rings (SSSR count). The van der Waals surface area contributed by atoms with Gasteiger partial charge in [0.25, 0.3) is 0 Å². The molecule has 3 unspecified atom stereocenters. The van der Waals surface area contributed by atoms with Crippen LogP contribution in [-0.4, -0.2) is 29.1 Å². The zero-order valence-corrected chi connectivity index (χ0v) is 11.3. The smallest absolute Gasteiger partial charge is 0.223 e. The average molecular weight is 283 g/mol. The van der Waals surface area contributed by atoms with Crippen molar-refractivity contribution in [2.45, 2.75) is 30.9 Å². The highest BCUT2D eigenvalue weighted by atomic mass is 35.5. The fourth-order valence-electron chi connectivity index (χ4n) is 3.10. The number of amides is 1. The second-order valence-corrected chi connectivity index (χ2v) is 5.53. The van der Waals surface area contributed by atoms with Crippen LogP contribution in [0.25, 0.3) is 0 Å². The van der Waals surface area contributed by atoms with Gasteiger partial charge in [-0.25, -0.2) is 4.98 Å². The summed E-state index contributed by atoms with van der Waals surface area (Å²) in [6.07, 6.45) is 1.84. The van der Waals surface area contributed by atoms with Gasteiger partial charge in [-0.05, 0) is 31.4 Å². The zero-order valence-electron chi connectivity index (χ0n) is 10.5. The maximum absolute atomic E-state index is 11.7. The first-order chi connectivity index (χ1) is 9.04. The summed E-state index contributed by atoms with van der Waals surface area (Å²) in [7, 11) is 1.49. The topological polar surface area (TPSA) is 71.5 Å². The molecule has 1 saturated heterocycles. The standard InChI is InChI=1S/C13H15ClN2O3/c1-19-12-8(2-3-10(14)16-12)13(18)5-4-7-6-9(13)15-11(7)17/h2-3,7,9,18H,4-6H2,1H3,(H,15,17). The van der Waals surface area contributed by atoms with Crippen molar-refractivity contribution in [2.75, 3.05) is 7.11 Å². The Labute approximate surface area is 115 Å². The fraction of sp³-hybridized carbons (Fsp3) is 0.538. The van der Waals surface area contributed by atoms with Gasteiger partial charge in [-0.2, -0.15) is 0 Å². The second-order valence-electron chi connectivity index (χ2n) is 5.15. The molecule has 2 aliphatic rings. The van der Waals surface area contributed by atoms with Crippen LogP contribution < -0.4 is 10.1 Å². The van der Waals surface area contributed by atoms with E-state index in [0.29, 0.717) is 35.9 Å². The molecule has 1 saturated carbocycles. The first-order valence-electron chi connectivity index (χ1n) is 6.28. The zero-order chi connectivity index (χ0) is 13.6. The predicted octanol–water partition coefficient (Wildman–Crippen LogP) is 1.23. The van der Waals surface area contributed by atoms with Gasteiger partial charge in [-0.1, -0.05) is 11.6 Å². The Bertz CT molecular complexity index is 537. The number of fused-ring (bicyclic) bond motifs is 2. The van der Waals surface area contributed by atoms with Gasteiger partial charge in [0.1, 0.15) is 10.8 Å². The predicted molar refractivity (Wildman–Crippen MR) is 69.0 cm³/mol. The van der Waals surface area contributed by atoms with E-state index >= 15 is 0 Å². The molecule has 1 amide bonds. The Morgan fingerprint density at radius 3 is 3.11 bits per heavy atom. The summed E-state index contributed by atoms with van der Waals surface area (Å²) >= 11 is 5.84. The van der Waals surface area contributed by atoms with E-state index in [1.165, 1.54) is 7.11 Å². The molecule has 2 bridgehead atoms. The van der Waals surface area contributed by atoms with Gasteiger partial charge in [0.2, 0.25) is 11.8 Å². The summed E-state index contributed by atoms with van der Waals surface area (Å²) in [4.78, 5) is 15.8. The maximum atomic E-state index is 11.7. The highest BCUT2D eigenvalue weighted by Crippen LogP contribution is 2.45. The number of ether oxygens (including phenoxy) is 1. The van der Waals surface area contributed by atoms with Crippen molar-refractivity contribution in [3.05, 3.63) is 22.8 Å². The van der Waals surface area contributed by atoms with Crippen LogP contribution in [0.2, 0.25) is 5.15 Å². The van der Waals surface area contributed by atoms with E-state index in [2.05, 4.69) is 10.3 Å². The van der Waals surface area contributed by atoms with Crippen molar-refractivity contribution < 1.29 is 14.6 Å². The Kier molecular flexibility index (Phi) is 2.91. The van der Waals surface area contributed by atoms with Crippen molar-refractivity contribution in [3.63, 3.8) is 0 Å². The summed E-state index contributed by atoms with van der Waals surface area (Å²) < 4.78 is 5.21. The van der Waals surface area contributed by atoms with E-state index < -0.39 is 5.60 Å². The summed E-state index contributed by atoms with van der Waals surface area (Å²) in [5, 5.41) is 14.2. The Balaban J connectivity index is 2.03. The maximum Gasteiger partial charge on any atom is 0.223 e. The van der Waals surface area contributed by atoms with Crippen LogP contribution in [0.1, 0.15) is 24.8 Å². The quantitative estimate of drug-likeness (QED) is 0.801. The number of methoxy groups -OCH3 is 1. The third-order valence-electron chi connectivity index (χ3n) is 4.14. The number of halogens is 1. The van der Waals surface area contributed by atoms with Crippen LogP contribution >= 0.6 is 11.6 Å². The van der Waals surface area contributed by atoms with Crippen LogP contribution in [0.15, 0.2) is 12.1 Å². The monoisotopic (exact) mass is 282 g/mol. The van der Waals surface area contributed by atoms with E-state index in [-0.39, 0.29) is 17.9 Å². The Morgan fingerprint density at radius 1 is 1.58 bits per heavy atom. The van der Waals surface area contributed by atoms with Crippen LogP contribution in [0.3, 0.4) is 0 Å². The molecule has 1 aliphatic heterocycles. The molecule has 0 aromatic carbocycles. The fourth-order valence-corrected chi connectivity index (χ4v) is 3.24. The molecular formula is C13H15ClN2O3. The van der Waals surface area contributed by atoms with Crippen molar-refractivity contribution >= 4 is 17.5 Å². The molecule has 102 valence electrons. The lowest BCUT2D eigenvalue weighted by Crippen LogP contribution is -2.46. The van der Waals surface area contributed by atoms with Crippen LogP contribution in [0, 0.1) is 5.92 Å². The number of pyridine rings is 1. The number of nitrogens with one attached hydrogen (secondary N) is 1. The van der Waals surface area contributed by atoms with Crippen LogP contribution in [0.4, 0.5) is 0 Å². The first kappa shape index (κ1) is 12.7. The number of hydrogen-bond acceptors (Lipinski definition) is 4. The van der Waals surface area contributed by atoms with E-state index in [9.17, 15) is 9.90 Å². The second kappa shape index (κ2) is 4.35. The molecule has 2 heterocycles. The minimum absolute atomic E-state index is 0.0246. The van der Waals surface area contributed by atoms with Gasteiger partial charge < -0.3 is 15.2 Å². The Morgan fingerprint density at radius 2 is 2.37 bits per heavy atom. The number of aromatic nitrogens is 1. The number of nitrogens with zero attached hydrogens (tertiary/aromatic N) is 1. The molecule has 0 radical (unpaired) electrons.